The maximum atomic E-state index is 12.3. The lowest BCUT2D eigenvalue weighted by atomic mass is 10.2. The molecule has 1 N–H and O–H groups in total. The molecule has 1 saturated heterocycles. The first-order valence-electron chi connectivity index (χ1n) is 7.87. The van der Waals surface area contributed by atoms with E-state index in [-0.39, 0.29) is 5.91 Å². The summed E-state index contributed by atoms with van der Waals surface area (Å²) in [6.07, 6.45) is 5.17. The third kappa shape index (κ3) is 3.63. The molecule has 7 heteroatoms. The number of carbonyl (C=O) groups excluding carboxylic acids is 1. The van der Waals surface area contributed by atoms with Crippen LogP contribution in [0, 0.1) is 0 Å². The number of nitrogens with one attached hydrogen (secondary N) is 1. The molecule has 4 rings (SSSR count). The average Bonchev–Trinajstić information content (AvgIpc) is 3.01. The van der Waals surface area contributed by atoms with Crippen molar-refractivity contribution in [1.82, 2.24) is 15.3 Å². The van der Waals surface area contributed by atoms with Gasteiger partial charge in [0.2, 0.25) is 0 Å². The van der Waals surface area contributed by atoms with E-state index in [2.05, 4.69) is 42.9 Å². The standard InChI is InChI=1S/C19H13IN4OS/c20-11-13-3-1-2-4-14(13)23-19-24-18(25)17(26-19)10-12-5-6-15-16(9-12)22-8-7-21-15/h1-10H,11H2,(H,23,24,25)/b17-10-. The summed E-state index contributed by atoms with van der Waals surface area (Å²) in [6, 6.07) is 13.7. The Kier molecular flexibility index (Phi) is 4.98. The molecule has 0 atom stereocenters. The number of aromatic nitrogens is 2. The summed E-state index contributed by atoms with van der Waals surface area (Å²) in [7, 11) is 0. The van der Waals surface area contributed by atoms with Gasteiger partial charge >= 0.3 is 0 Å². The molecule has 0 unspecified atom stereocenters. The Morgan fingerprint density at radius 1 is 1.12 bits per heavy atom. The van der Waals surface area contributed by atoms with Gasteiger partial charge in [-0.25, -0.2) is 4.99 Å². The maximum absolute atomic E-state index is 12.3. The van der Waals surface area contributed by atoms with Crippen molar-refractivity contribution in [3.8, 4) is 0 Å². The van der Waals surface area contributed by atoms with Crippen LogP contribution in [-0.2, 0) is 9.22 Å². The van der Waals surface area contributed by atoms with E-state index in [1.165, 1.54) is 11.8 Å². The normalized spacial score (nSPS) is 17.2. The third-order valence-electron chi connectivity index (χ3n) is 3.80. The van der Waals surface area contributed by atoms with Gasteiger partial charge in [0.1, 0.15) is 0 Å². The highest BCUT2D eigenvalue weighted by molar-refractivity contribution is 14.1. The zero-order valence-electron chi connectivity index (χ0n) is 13.5. The number of para-hydroxylation sites is 1. The highest BCUT2D eigenvalue weighted by Crippen LogP contribution is 2.30. The van der Waals surface area contributed by atoms with Gasteiger partial charge in [-0.05, 0) is 47.2 Å². The van der Waals surface area contributed by atoms with Gasteiger partial charge in [-0.2, -0.15) is 0 Å². The van der Waals surface area contributed by atoms with E-state index in [0.717, 1.165) is 32.3 Å². The SMILES string of the molecule is O=C1N/C(=N/c2ccccc2CI)S/C1=C\c1ccc2nccnc2c1. The van der Waals surface area contributed by atoms with Crippen LogP contribution in [0.1, 0.15) is 11.1 Å². The van der Waals surface area contributed by atoms with Crippen molar-refractivity contribution in [3.63, 3.8) is 0 Å². The van der Waals surface area contributed by atoms with Crippen molar-refractivity contribution in [2.45, 2.75) is 4.43 Å². The molecule has 2 heterocycles. The van der Waals surface area contributed by atoms with Crippen molar-refractivity contribution in [3.05, 3.63) is 70.9 Å². The monoisotopic (exact) mass is 472 g/mol. The van der Waals surface area contributed by atoms with Crippen LogP contribution in [0.25, 0.3) is 17.1 Å². The molecule has 0 aliphatic carbocycles. The van der Waals surface area contributed by atoms with E-state index in [9.17, 15) is 4.79 Å². The van der Waals surface area contributed by atoms with Gasteiger partial charge in [0, 0.05) is 16.8 Å². The van der Waals surface area contributed by atoms with Crippen molar-refractivity contribution in [2.24, 2.45) is 4.99 Å². The topological polar surface area (TPSA) is 67.2 Å². The Balaban J connectivity index is 1.62. The van der Waals surface area contributed by atoms with Gasteiger partial charge in [0.05, 0.1) is 21.6 Å². The zero-order chi connectivity index (χ0) is 17.9. The lowest BCUT2D eigenvalue weighted by Gasteiger charge is -2.02. The number of hydrogen-bond acceptors (Lipinski definition) is 5. The summed E-state index contributed by atoms with van der Waals surface area (Å²) in [4.78, 5) is 26.1. The Bertz CT molecular complexity index is 1060. The van der Waals surface area contributed by atoms with Crippen molar-refractivity contribution in [2.75, 3.05) is 0 Å². The lowest BCUT2D eigenvalue weighted by molar-refractivity contribution is -0.115. The van der Waals surface area contributed by atoms with Crippen LogP contribution in [0.5, 0.6) is 0 Å². The first kappa shape index (κ1) is 17.2. The number of aliphatic imine (C=N–C) groups is 1. The molecule has 5 nitrogen and oxygen atoms in total. The maximum Gasteiger partial charge on any atom is 0.264 e. The molecule has 1 amide bonds. The number of alkyl halides is 1. The number of hydrogen-bond donors (Lipinski definition) is 1. The van der Waals surface area contributed by atoms with E-state index in [4.69, 9.17) is 0 Å². The van der Waals surface area contributed by atoms with Gasteiger partial charge in [-0.1, -0.05) is 46.9 Å². The number of carbonyl (C=O) groups is 1. The van der Waals surface area contributed by atoms with Crippen molar-refractivity contribution < 1.29 is 4.79 Å². The van der Waals surface area contributed by atoms with Crippen LogP contribution < -0.4 is 5.32 Å². The molecule has 0 bridgehead atoms. The van der Waals surface area contributed by atoms with E-state index >= 15 is 0 Å². The largest absolute Gasteiger partial charge is 0.300 e. The molecule has 2 aromatic carbocycles. The second-order valence-electron chi connectivity index (χ2n) is 5.55. The van der Waals surface area contributed by atoms with Gasteiger partial charge in [-0.15, -0.1) is 0 Å². The Labute approximate surface area is 168 Å². The van der Waals surface area contributed by atoms with E-state index in [0.29, 0.717) is 10.1 Å². The second kappa shape index (κ2) is 7.55. The van der Waals surface area contributed by atoms with Crippen LogP contribution in [-0.4, -0.2) is 21.0 Å². The number of thioether (sulfide) groups is 1. The molecule has 0 saturated carbocycles. The molecule has 3 aromatic rings. The predicted molar refractivity (Wildman–Crippen MR) is 115 cm³/mol. The van der Waals surface area contributed by atoms with E-state index in [1.54, 1.807) is 12.4 Å². The molecule has 1 aromatic heterocycles. The summed E-state index contributed by atoms with van der Waals surface area (Å²) in [5, 5.41) is 3.43. The third-order valence-corrected chi connectivity index (χ3v) is 5.53. The molecular weight excluding hydrogens is 459 g/mol. The number of amidine groups is 1. The molecule has 128 valence electrons. The van der Waals surface area contributed by atoms with Crippen LogP contribution in [0.15, 0.2) is 64.8 Å². The summed E-state index contributed by atoms with van der Waals surface area (Å²) >= 11 is 3.65. The molecule has 0 radical (unpaired) electrons. The Hall–Kier alpha value is -2.26. The van der Waals surface area contributed by atoms with Gasteiger partial charge in [0.15, 0.2) is 5.17 Å². The number of fused-ring (bicyclic) bond motifs is 1. The fourth-order valence-electron chi connectivity index (χ4n) is 2.54. The van der Waals surface area contributed by atoms with Gasteiger partial charge in [0.25, 0.3) is 5.91 Å². The zero-order valence-corrected chi connectivity index (χ0v) is 16.5. The first-order chi connectivity index (χ1) is 12.7. The highest BCUT2D eigenvalue weighted by atomic mass is 127. The fourth-order valence-corrected chi connectivity index (χ4v) is 4.02. The number of benzene rings is 2. The quantitative estimate of drug-likeness (QED) is 0.348. The molecule has 1 fully saturated rings. The Morgan fingerprint density at radius 2 is 1.92 bits per heavy atom. The number of halogens is 1. The molecule has 26 heavy (non-hydrogen) atoms. The molecule has 1 aliphatic rings. The minimum atomic E-state index is -0.139. The minimum absolute atomic E-state index is 0.139. The average molecular weight is 472 g/mol. The molecule has 0 spiro atoms. The van der Waals surface area contributed by atoms with Gasteiger partial charge in [-0.3, -0.25) is 14.8 Å². The summed E-state index contributed by atoms with van der Waals surface area (Å²) < 4.78 is 0.865. The highest BCUT2D eigenvalue weighted by Gasteiger charge is 2.24. The van der Waals surface area contributed by atoms with E-state index in [1.807, 2.05) is 48.5 Å². The fraction of sp³-hybridized carbons (Fsp3) is 0.0526. The number of rotatable bonds is 3. The van der Waals surface area contributed by atoms with Crippen LogP contribution in [0.2, 0.25) is 0 Å². The van der Waals surface area contributed by atoms with Crippen LogP contribution >= 0.6 is 34.4 Å². The summed E-state index contributed by atoms with van der Waals surface area (Å²) in [5.74, 6) is -0.139. The smallest absolute Gasteiger partial charge is 0.264 e. The minimum Gasteiger partial charge on any atom is -0.300 e. The second-order valence-corrected chi connectivity index (χ2v) is 7.34. The summed E-state index contributed by atoms with van der Waals surface area (Å²) in [5.41, 5.74) is 4.56. The first-order valence-corrected chi connectivity index (χ1v) is 10.2. The number of amides is 1. The predicted octanol–water partition coefficient (Wildman–Crippen LogP) is 4.46. The number of nitrogens with zero attached hydrogens (tertiary/aromatic N) is 3. The van der Waals surface area contributed by atoms with Crippen molar-refractivity contribution >= 4 is 68.2 Å². The van der Waals surface area contributed by atoms with E-state index < -0.39 is 0 Å². The summed E-state index contributed by atoms with van der Waals surface area (Å²) in [6.45, 7) is 0. The van der Waals surface area contributed by atoms with Gasteiger partial charge < -0.3 is 5.32 Å². The molecular formula is C19H13IN4OS. The molecule has 1 aliphatic heterocycles. The van der Waals surface area contributed by atoms with Crippen LogP contribution in [0.4, 0.5) is 5.69 Å². The van der Waals surface area contributed by atoms with Crippen LogP contribution in [0.3, 0.4) is 0 Å². The lowest BCUT2D eigenvalue weighted by Crippen LogP contribution is -2.19. The Morgan fingerprint density at radius 3 is 2.77 bits per heavy atom. The van der Waals surface area contributed by atoms with Crippen molar-refractivity contribution in [1.29, 1.82) is 0 Å².